The van der Waals surface area contributed by atoms with Crippen LogP contribution in [0.2, 0.25) is 0 Å². The summed E-state index contributed by atoms with van der Waals surface area (Å²) in [5.41, 5.74) is 3.87. The first-order chi connectivity index (χ1) is 12.3. The Morgan fingerprint density at radius 1 is 1.08 bits per heavy atom. The minimum Gasteiger partial charge on any atom is -0.437 e. The summed E-state index contributed by atoms with van der Waals surface area (Å²) in [6.45, 7) is 0. The maximum Gasteiger partial charge on any atom is 0.255 e. The number of thiazole rings is 1. The molecule has 2 heterocycles. The highest BCUT2D eigenvalue weighted by molar-refractivity contribution is 7.16. The predicted molar refractivity (Wildman–Crippen MR) is 96.1 cm³/mol. The van der Waals surface area contributed by atoms with Gasteiger partial charge < -0.3 is 10.1 Å². The summed E-state index contributed by atoms with van der Waals surface area (Å²) in [7, 11) is 0. The molecule has 0 fully saturated rings. The molecule has 0 aliphatic heterocycles. The smallest absolute Gasteiger partial charge is 0.255 e. The van der Waals surface area contributed by atoms with Gasteiger partial charge in [0, 0.05) is 29.6 Å². The lowest BCUT2D eigenvalue weighted by Crippen LogP contribution is -2.11. The van der Waals surface area contributed by atoms with Crippen molar-refractivity contribution in [2.24, 2.45) is 0 Å². The summed E-state index contributed by atoms with van der Waals surface area (Å²) < 4.78 is 6.60. The van der Waals surface area contributed by atoms with E-state index in [0.717, 1.165) is 10.2 Å². The molecule has 0 bridgehead atoms. The Hall–Kier alpha value is -3.32. The van der Waals surface area contributed by atoms with E-state index in [1.807, 2.05) is 12.1 Å². The average Bonchev–Trinajstić information content (AvgIpc) is 3.10. The number of nitrogens with one attached hydrogen (secondary N) is 1. The molecule has 4 aromatic rings. The number of benzene rings is 2. The van der Waals surface area contributed by atoms with E-state index in [2.05, 4.69) is 20.5 Å². The Kier molecular flexibility index (Phi) is 4.05. The topological polar surface area (TPSA) is 77.0 Å². The first kappa shape index (κ1) is 15.2. The number of aromatic nitrogens is 3. The van der Waals surface area contributed by atoms with E-state index in [4.69, 9.17) is 4.74 Å². The highest BCUT2D eigenvalue weighted by atomic mass is 32.1. The standard InChI is InChI=1S/C18H12N4O2S/c23-18(12-6-7-15-16(9-12)25-11-19-15)21-13-3-1-4-14(10-13)24-17-5-2-8-20-22-17/h1-11H,(H,21,23). The molecule has 0 unspecified atom stereocenters. The number of ether oxygens (including phenoxy) is 1. The molecule has 6 nitrogen and oxygen atoms in total. The second kappa shape index (κ2) is 6.66. The van der Waals surface area contributed by atoms with Gasteiger partial charge in [-0.05, 0) is 36.4 Å². The Morgan fingerprint density at radius 2 is 2.04 bits per heavy atom. The molecule has 0 aliphatic rings. The van der Waals surface area contributed by atoms with Gasteiger partial charge in [-0.15, -0.1) is 16.4 Å². The second-order valence-electron chi connectivity index (χ2n) is 5.18. The van der Waals surface area contributed by atoms with Crippen LogP contribution in [0.25, 0.3) is 10.2 Å². The number of carbonyl (C=O) groups excluding carboxylic acids is 1. The zero-order valence-electron chi connectivity index (χ0n) is 12.9. The van der Waals surface area contributed by atoms with E-state index in [-0.39, 0.29) is 5.91 Å². The van der Waals surface area contributed by atoms with Crippen LogP contribution in [0.15, 0.2) is 66.3 Å². The molecular formula is C18H12N4O2S. The SMILES string of the molecule is O=C(Nc1cccc(Oc2cccnn2)c1)c1ccc2ncsc2c1. The lowest BCUT2D eigenvalue weighted by Gasteiger charge is -2.08. The van der Waals surface area contributed by atoms with Gasteiger partial charge in [-0.25, -0.2) is 4.98 Å². The highest BCUT2D eigenvalue weighted by Gasteiger charge is 2.09. The van der Waals surface area contributed by atoms with Crippen LogP contribution in [-0.4, -0.2) is 21.1 Å². The van der Waals surface area contributed by atoms with Crippen LogP contribution in [0.5, 0.6) is 11.6 Å². The van der Waals surface area contributed by atoms with Gasteiger partial charge in [0.1, 0.15) is 5.75 Å². The van der Waals surface area contributed by atoms with E-state index in [1.165, 1.54) is 11.3 Å². The molecule has 1 N–H and O–H groups in total. The number of carbonyl (C=O) groups is 1. The van der Waals surface area contributed by atoms with Crippen LogP contribution in [0.4, 0.5) is 5.69 Å². The van der Waals surface area contributed by atoms with Gasteiger partial charge in [-0.3, -0.25) is 4.79 Å². The summed E-state index contributed by atoms with van der Waals surface area (Å²) in [5, 5.41) is 10.5. The van der Waals surface area contributed by atoms with Gasteiger partial charge in [0.2, 0.25) is 5.88 Å². The van der Waals surface area contributed by atoms with Crippen LogP contribution in [-0.2, 0) is 0 Å². The molecular weight excluding hydrogens is 336 g/mol. The van der Waals surface area contributed by atoms with Crippen LogP contribution in [0, 0.1) is 0 Å². The summed E-state index contributed by atoms with van der Waals surface area (Å²) in [6, 6.07) is 16.0. The van der Waals surface area contributed by atoms with Crippen molar-refractivity contribution in [2.75, 3.05) is 5.32 Å². The maximum absolute atomic E-state index is 12.5. The van der Waals surface area contributed by atoms with Crippen LogP contribution < -0.4 is 10.1 Å². The minimum atomic E-state index is -0.188. The largest absolute Gasteiger partial charge is 0.437 e. The molecule has 0 spiro atoms. The fourth-order valence-electron chi connectivity index (χ4n) is 2.30. The van der Waals surface area contributed by atoms with Gasteiger partial charge >= 0.3 is 0 Å². The van der Waals surface area contributed by atoms with Crippen molar-refractivity contribution in [1.29, 1.82) is 0 Å². The first-order valence-electron chi connectivity index (χ1n) is 7.48. The number of amides is 1. The third kappa shape index (κ3) is 3.46. The number of hydrogen-bond acceptors (Lipinski definition) is 6. The molecule has 7 heteroatoms. The molecule has 2 aromatic heterocycles. The third-order valence-corrected chi connectivity index (χ3v) is 4.25. The minimum absolute atomic E-state index is 0.188. The summed E-state index contributed by atoms with van der Waals surface area (Å²) in [4.78, 5) is 16.7. The second-order valence-corrected chi connectivity index (χ2v) is 6.07. The van der Waals surface area contributed by atoms with Gasteiger partial charge in [0.05, 0.1) is 15.7 Å². The number of fused-ring (bicyclic) bond motifs is 1. The van der Waals surface area contributed by atoms with E-state index in [9.17, 15) is 4.79 Å². The fourth-order valence-corrected chi connectivity index (χ4v) is 3.02. The molecule has 2 aromatic carbocycles. The molecule has 0 saturated heterocycles. The monoisotopic (exact) mass is 348 g/mol. The molecule has 1 amide bonds. The molecule has 25 heavy (non-hydrogen) atoms. The van der Waals surface area contributed by atoms with Crippen molar-refractivity contribution in [1.82, 2.24) is 15.2 Å². The summed E-state index contributed by atoms with van der Waals surface area (Å²) >= 11 is 1.50. The van der Waals surface area contributed by atoms with Gasteiger partial charge in [0.25, 0.3) is 5.91 Å². The Balaban J connectivity index is 1.52. The fraction of sp³-hybridized carbons (Fsp3) is 0. The van der Waals surface area contributed by atoms with Crippen LogP contribution in [0.3, 0.4) is 0 Å². The third-order valence-electron chi connectivity index (χ3n) is 3.46. The van der Waals surface area contributed by atoms with Crippen molar-refractivity contribution in [3.05, 3.63) is 71.9 Å². The van der Waals surface area contributed by atoms with E-state index >= 15 is 0 Å². The number of nitrogens with zero attached hydrogens (tertiary/aromatic N) is 3. The molecule has 4 rings (SSSR count). The van der Waals surface area contributed by atoms with Crippen molar-refractivity contribution in [3.8, 4) is 11.6 Å². The summed E-state index contributed by atoms with van der Waals surface area (Å²) in [6.07, 6.45) is 1.57. The van der Waals surface area contributed by atoms with Crippen molar-refractivity contribution >= 4 is 33.1 Å². The lowest BCUT2D eigenvalue weighted by atomic mass is 10.2. The Bertz CT molecular complexity index is 1030. The maximum atomic E-state index is 12.5. The van der Waals surface area contributed by atoms with Crippen LogP contribution >= 0.6 is 11.3 Å². The van der Waals surface area contributed by atoms with E-state index < -0.39 is 0 Å². The highest BCUT2D eigenvalue weighted by Crippen LogP contribution is 2.23. The number of rotatable bonds is 4. The molecule has 122 valence electrons. The molecule has 0 saturated carbocycles. The normalized spacial score (nSPS) is 10.6. The number of anilines is 1. The quantitative estimate of drug-likeness (QED) is 0.600. The van der Waals surface area contributed by atoms with E-state index in [0.29, 0.717) is 22.9 Å². The zero-order chi connectivity index (χ0) is 17.1. The van der Waals surface area contributed by atoms with Crippen molar-refractivity contribution < 1.29 is 9.53 Å². The Morgan fingerprint density at radius 3 is 2.92 bits per heavy atom. The van der Waals surface area contributed by atoms with Gasteiger partial charge in [-0.1, -0.05) is 6.07 Å². The van der Waals surface area contributed by atoms with Crippen molar-refractivity contribution in [2.45, 2.75) is 0 Å². The molecule has 0 radical (unpaired) electrons. The number of hydrogen-bond donors (Lipinski definition) is 1. The predicted octanol–water partition coefficient (Wildman–Crippen LogP) is 4.13. The van der Waals surface area contributed by atoms with Crippen molar-refractivity contribution in [3.63, 3.8) is 0 Å². The molecule has 0 aliphatic carbocycles. The lowest BCUT2D eigenvalue weighted by molar-refractivity contribution is 0.102. The van der Waals surface area contributed by atoms with Gasteiger partial charge in [-0.2, -0.15) is 5.10 Å². The average molecular weight is 348 g/mol. The molecule has 0 atom stereocenters. The first-order valence-corrected chi connectivity index (χ1v) is 8.36. The zero-order valence-corrected chi connectivity index (χ0v) is 13.7. The summed E-state index contributed by atoms with van der Waals surface area (Å²) in [5.74, 6) is 0.768. The Labute approximate surface area is 147 Å². The van der Waals surface area contributed by atoms with Crippen LogP contribution in [0.1, 0.15) is 10.4 Å². The van der Waals surface area contributed by atoms with Gasteiger partial charge in [0.15, 0.2) is 0 Å². The van der Waals surface area contributed by atoms with E-state index in [1.54, 1.807) is 54.2 Å².